The van der Waals surface area contributed by atoms with E-state index in [-0.39, 0.29) is 6.42 Å². The van der Waals surface area contributed by atoms with Gasteiger partial charge in [-0.3, -0.25) is 4.79 Å². The number of carboxylic acid groups (broad SMARTS) is 1. The Balaban J connectivity index is 1.64. The van der Waals surface area contributed by atoms with Gasteiger partial charge in [0, 0.05) is 12.0 Å². The summed E-state index contributed by atoms with van der Waals surface area (Å²) in [7, 11) is 0. The Labute approximate surface area is 148 Å². The number of hydrogen-bond acceptors (Lipinski definition) is 3. The number of para-hydroxylation sites is 1. The summed E-state index contributed by atoms with van der Waals surface area (Å²) in [5.74, 6) is 0.894. The van der Waals surface area contributed by atoms with Gasteiger partial charge in [0.25, 0.3) is 0 Å². The second-order valence-corrected chi connectivity index (χ2v) is 6.39. The summed E-state index contributed by atoms with van der Waals surface area (Å²) in [4.78, 5) is 10.5. The van der Waals surface area contributed by atoms with Gasteiger partial charge in [0.05, 0.1) is 12.7 Å². The lowest BCUT2D eigenvalue weighted by Gasteiger charge is -2.17. The van der Waals surface area contributed by atoms with Crippen molar-refractivity contribution in [1.82, 2.24) is 0 Å². The zero-order valence-corrected chi connectivity index (χ0v) is 14.3. The molecule has 0 radical (unpaired) electrons. The Kier molecular flexibility index (Phi) is 5.94. The quantitative estimate of drug-likeness (QED) is 0.693. The van der Waals surface area contributed by atoms with Gasteiger partial charge in [0.1, 0.15) is 11.5 Å². The van der Waals surface area contributed by atoms with Gasteiger partial charge in [-0.1, -0.05) is 30.3 Å². The zero-order valence-electron chi connectivity index (χ0n) is 14.3. The van der Waals surface area contributed by atoms with Crippen LogP contribution in [-0.2, 0) is 4.79 Å². The first-order chi connectivity index (χ1) is 12.2. The monoisotopic (exact) mass is 340 g/mol. The maximum absolute atomic E-state index is 10.5. The highest BCUT2D eigenvalue weighted by molar-refractivity contribution is 5.71. The van der Waals surface area contributed by atoms with Crippen molar-refractivity contribution in [2.24, 2.45) is 0 Å². The molecule has 25 heavy (non-hydrogen) atoms. The maximum atomic E-state index is 10.5. The molecule has 2 aromatic carbocycles. The predicted molar refractivity (Wildman–Crippen MR) is 97.1 cm³/mol. The summed E-state index contributed by atoms with van der Waals surface area (Å²) in [6.45, 7) is 0.410. The smallest absolute Gasteiger partial charge is 0.303 e. The third-order valence-electron chi connectivity index (χ3n) is 4.45. The number of benzene rings is 2. The van der Waals surface area contributed by atoms with Crippen LogP contribution in [0.3, 0.4) is 0 Å². The SMILES string of the molecule is O=C(O)CCCOc1ccc(-c2ccccc2OC2CCCC2)cc1. The molecule has 3 rings (SSSR count). The summed E-state index contributed by atoms with van der Waals surface area (Å²) in [5, 5.41) is 8.63. The fraction of sp³-hybridized carbons (Fsp3) is 0.381. The average Bonchev–Trinajstić information content (AvgIpc) is 3.13. The van der Waals surface area contributed by atoms with Gasteiger partial charge in [-0.05, 0) is 55.9 Å². The fourth-order valence-corrected chi connectivity index (χ4v) is 3.14. The molecule has 0 unspecified atom stereocenters. The van der Waals surface area contributed by atoms with Crippen LogP contribution < -0.4 is 9.47 Å². The van der Waals surface area contributed by atoms with Gasteiger partial charge in [-0.25, -0.2) is 0 Å². The van der Waals surface area contributed by atoms with Crippen molar-refractivity contribution < 1.29 is 19.4 Å². The number of carboxylic acids is 1. The van der Waals surface area contributed by atoms with Crippen LogP contribution in [0.4, 0.5) is 0 Å². The minimum Gasteiger partial charge on any atom is -0.494 e. The van der Waals surface area contributed by atoms with Crippen LogP contribution in [0.1, 0.15) is 38.5 Å². The Morgan fingerprint density at radius 1 is 1.04 bits per heavy atom. The molecule has 0 bridgehead atoms. The van der Waals surface area contributed by atoms with Crippen molar-refractivity contribution in [3.05, 3.63) is 48.5 Å². The third-order valence-corrected chi connectivity index (χ3v) is 4.45. The van der Waals surface area contributed by atoms with E-state index in [4.69, 9.17) is 14.6 Å². The summed E-state index contributed by atoms with van der Waals surface area (Å²) < 4.78 is 11.8. The van der Waals surface area contributed by atoms with Crippen molar-refractivity contribution in [3.8, 4) is 22.6 Å². The number of rotatable bonds is 8. The van der Waals surface area contributed by atoms with Crippen LogP contribution in [0.5, 0.6) is 11.5 Å². The predicted octanol–water partition coefficient (Wildman–Crippen LogP) is 4.92. The molecule has 0 aliphatic heterocycles. The molecule has 0 spiro atoms. The van der Waals surface area contributed by atoms with Crippen molar-refractivity contribution >= 4 is 5.97 Å². The van der Waals surface area contributed by atoms with Crippen LogP contribution in [-0.4, -0.2) is 23.8 Å². The molecule has 132 valence electrons. The molecule has 0 atom stereocenters. The molecule has 1 fully saturated rings. The maximum Gasteiger partial charge on any atom is 0.303 e. The van der Waals surface area contributed by atoms with E-state index in [2.05, 4.69) is 6.07 Å². The molecule has 1 aliphatic carbocycles. The number of carbonyl (C=O) groups is 1. The molecule has 2 aromatic rings. The van der Waals surface area contributed by atoms with E-state index in [1.54, 1.807) is 0 Å². The molecule has 0 aromatic heterocycles. The van der Waals surface area contributed by atoms with Crippen molar-refractivity contribution in [2.45, 2.75) is 44.6 Å². The highest BCUT2D eigenvalue weighted by atomic mass is 16.5. The van der Waals surface area contributed by atoms with Crippen molar-refractivity contribution in [3.63, 3.8) is 0 Å². The molecule has 1 saturated carbocycles. The Bertz CT molecular complexity index is 687. The molecule has 0 saturated heterocycles. The van der Waals surface area contributed by atoms with E-state index in [9.17, 15) is 4.79 Å². The highest BCUT2D eigenvalue weighted by Gasteiger charge is 2.18. The molecular formula is C21H24O4. The van der Waals surface area contributed by atoms with E-state index in [0.717, 1.165) is 35.5 Å². The molecule has 4 heteroatoms. The summed E-state index contributed by atoms with van der Waals surface area (Å²) >= 11 is 0. The van der Waals surface area contributed by atoms with Crippen molar-refractivity contribution in [1.29, 1.82) is 0 Å². The molecule has 1 aliphatic rings. The number of aliphatic carboxylic acids is 1. The molecular weight excluding hydrogens is 316 g/mol. The van der Waals surface area contributed by atoms with Crippen LogP contribution in [0.2, 0.25) is 0 Å². The van der Waals surface area contributed by atoms with E-state index in [0.29, 0.717) is 19.1 Å². The van der Waals surface area contributed by atoms with Crippen molar-refractivity contribution in [2.75, 3.05) is 6.61 Å². The van der Waals surface area contributed by atoms with Gasteiger partial charge in [0.2, 0.25) is 0 Å². The first-order valence-electron chi connectivity index (χ1n) is 8.93. The van der Waals surface area contributed by atoms with Gasteiger partial charge < -0.3 is 14.6 Å². The highest BCUT2D eigenvalue weighted by Crippen LogP contribution is 2.33. The Hall–Kier alpha value is -2.49. The normalized spacial score (nSPS) is 14.4. The van der Waals surface area contributed by atoms with Gasteiger partial charge >= 0.3 is 5.97 Å². The third kappa shape index (κ3) is 4.99. The lowest BCUT2D eigenvalue weighted by atomic mass is 10.0. The summed E-state index contributed by atoms with van der Waals surface area (Å²) in [6, 6.07) is 16.0. The Morgan fingerprint density at radius 3 is 2.48 bits per heavy atom. The van der Waals surface area contributed by atoms with Gasteiger partial charge in [-0.15, -0.1) is 0 Å². The van der Waals surface area contributed by atoms with E-state index >= 15 is 0 Å². The topological polar surface area (TPSA) is 55.8 Å². The molecule has 1 N–H and O–H groups in total. The zero-order chi connectivity index (χ0) is 17.5. The largest absolute Gasteiger partial charge is 0.494 e. The van der Waals surface area contributed by atoms with Gasteiger partial charge in [0.15, 0.2) is 0 Å². The van der Waals surface area contributed by atoms with E-state index < -0.39 is 5.97 Å². The Morgan fingerprint density at radius 2 is 1.76 bits per heavy atom. The fourth-order valence-electron chi connectivity index (χ4n) is 3.14. The first kappa shape index (κ1) is 17.3. The number of hydrogen-bond donors (Lipinski definition) is 1. The molecule has 4 nitrogen and oxygen atoms in total. The van der Waals surface area contributed by atoms with Crippen LogP contribution in [0.25, 0.3) is 11.1 Å². The van der Waals surface area contributed by atoms with Crippen LogP contribution >= 0.6 is 0 Å². The van der Waals surface area contributed by atoms with Crippen LogP contribution in [0.15, 0.2) is 48.5 Å². The average molecular weight is 340 g/mol. The lowest BCUT2D eigenvalue weighted by Crippen LogP contribution is -2.11. The second-order valence-electron chi connectivity index (χ2n) is 6.39. The minimum absolute atomic E-state index is 0.129. The first-order valence-corrected chi connectivity index (χ1v) is 8.93. The van der Waals surface area contributed by atoms with E-state index in [1.165, 1.54) is 12.8 Å². The standard InChI is InChI=1S/C21H24O4/c22-21(23)10-5-15-24-17-13-11-16(12-14-17)19-8-3-4-9-20(19)25-18-6-1-2-7-18/h3-4,8-9,11-14,18H,1-2,5-7,10,15H2,(H,22,23). The van der Waals surface area contributed by atoms with E-state index in [1.807, 2.05) is 42.5 Å². The van der Waals surface area contributed by atoms with Crippen LogP contribution in [0, 0.1) is 0 Å². The lowest BCUT2D eigenvalue weighted by molar-refractivity contribution is -0.137. The minimum atomic E-state index is -0.794. The summed E-state index contributed by atoms with van der Waals surface area (Å²) in [5.41, 5.74) is 2.18. The van der Waals surface area contributed by atoms with Gasteiger partial charge in [-0.2, -0.15) is 0 Å². The molecule has 0 amide bonds. The molecule has 0 heterocycles. The second kappa shape index (κ2) is 8.56. The summed E-state index contributed by atoms with van der Waals surface area (Å²) in [6.07, 6.45) is 5.74. The number of ether oxygens (including phenoxy) is 2.